The third-order valence-electron chi connectivity index (χ3n) is 4.29. The molecular weight excluding hydrogens is 396 g/mol. The van der Waals surface area contributed by atoms with Crippen LogP contribution in [0.2, 0.25) is 0 Å². The van der Waals surface area contributed by atoms with Gasteiger partial charge in [-0.25, -0.2) is 0 Å². The van der Waals surface area contributed by atoms with Gasteiger partial charge in [0.05, 0.1) is 18.8 Å². The minimum Gasteiger partial charge on any atom is -0.463 e. The Labute approximate surface area is 187 Å². The standard InChI is InChI=1S/C25H40O6/c1-2-3-14-17-23(28)24(29)18-15-12-10-8-6-4-5-7-9-11-13-16-19-25(30)31-21-22(27)20-26/h3,5-8,10,12,14-15,18,22-24,26-29H,2,4,9,11,13,16-17,19-21H2,1H3/b7-5-,8-6-,12-10-,14-3-,18-15+. The maximum atomic E-state index is 11.4. The summed E-state index contributed by atoms with van der Waals surface area (Å²) >= 11 is 0. The van der Waals surface area contributed by atoms with Crippen LogP contribution in [0.25, 0.3) is 0 Å². The third-order valence-corrected chi connectivity index (χ3v) is 4.29. The molecule has 0 aromatic carbocycles. The maximum Gasteiger partial charge on any atom is 0.305 e. The number of carbonyl (C=O) groups excluding carboxylic acids is 1. The Morgan fingerprint density at radius 3 is 2.42 bits per heavy atom. The van der Waals surface area contributed by atoms with Gasteiger partial charge >= 0.3 is 5.97 Å². The predicted octanol–water partition coefficient (Wildman–Crippen LogP) is 3.53. The van der Waals surface area contributed by atoms with Crippen LogP contribution in [0.5, 0.6) is 0 Å². The molecule has 31 heavy (non-hydrogen) atoms. The minimum absolute atomic E-state index is 0.154. The molecule has 0 radical (unpaired) electrons. The topological polar surface area (TPSA) is 107 Å². The molecule has 0 rings (SSSR count). The van der Waals surface area contributed by atoms with E-state index in [2.05, 4.69) is 12.2 Å². The van der Waals surface area contributed by atoms with Crippen molar-refractivity contribution >= 4 is 5.97 Å². The van der Waals surface area contributed by atoms with Gasteiger partial charge in [-0.15, -0.1) is 0 Å². The normalized spacial score (nSPS) is 15.6. The van der Waals surface area contributed by atoms with Crippen LogP contribution in [0.3, 0.4) is 0 Å². The fourth-order valence-electron chi connectivity index (χ4n) is 2.45. The van der Waals surface area contributed by atoms with Gasteiger partial charge < -0.3 is 25.2 Å². The van der Waals surface area contributed by atoms with Gasteiger partial charge in [0.15, 0.2) is 0 Å². The van der Waals surface area contributed by atoms with Crippen LogP contribution < -0.4 is 0 Å². The lowest BCUT2D eigenvalue weighted by atomic mass is 10.1. The molecule has 0 aromatic heterocycles. The zero-order chi connectivity index (χ0) is 23.2. The molecule has 6 nitrogen and oxygen atoms in total. The van der Waals surface area contributed by atoms with E-state index < -0.39 is 24.9 Å². The second-order valence-corrected chi connectivity index (χ2v) is 7.20. The van der Waals surface area contributed by atoms with E-state index in [-0.39, 0.29) is 12.6 Å². The minimum atomic E-state index is -1.00. The van der Waals surface area contributed by atoms with Gasteiger partial charge in [-0.05, 0) is 38.5 Å². The molecule has 0 heterocycles. The fourth-order valence-corrected chi connectivity index (χ4v) is 2.45. The molecule has 3 atom stereocenters. The summed E-state index contributed by atoms with van der Waals surface area (Å²) in [6.45, 7) is 1.46. The van der Waals surface area contributed by atoms with Gasteiger partial charge in [0.1, 0.15) is 12.7 Å². The Hall–Kier alpha value is -1.99. The predicted molar refractivity (Wildman–Crippen MR) is 124 cm³/mol. The molecule has 0 aliphatic rings. The zero-order valence-corrected chi connectivity index (χ0v) is 18.7. The first kappa shape index (κ1) is 29.0. The number of hydrogen-bond donors (Lipinski definition) is 4. The number of aliphatic hydroxyl groups excluding tert-OH is 4. The van der Waals surface area contributed by atoms with E-state index in [4.69, 9.17) is 14.9 Å². The summed E-state index contributed by atoms with van der Waals surface area (Å²) in [6.07, 6.45) is 22.5. The van der Waals surface area contributed by atoms with Crippen molar-refractivity contribution in [1.82, 2.24) is 0 Å². The molecule has 0 fully saturated rings. The molecule has 4 N–H and O–H groups in total. The SMILES string of the molecule is CC/C=C\CC(O)C(O)/C=C/C=C\C=C/C/C=C\CCCCCC(=O)OCC(O)CO. The summed E-state index contributed by atoms with van der Waals surface area (Å²) in [5.41, 5.74) is 0. The highest BCUT2D eigenvalue weighted by Crippen LogP contribution is 2.06. The quantitative estimate of drug-likeness (QED) is 0.113. The number of allylic oxidation sites excluding steroid dienone is 8. The van der Waals surface area contributed by atoms with Crippen LogP contribution in [-0.2, 0) is 9.53 Å². The van der Waals surface area contributed by atoms with Gasteiger partial charge in [0.25, 0.3) is 0 Å². The van der Waals surface area contributed by atoms with E-state index in [1.165, 1.54) is 0 Å². The van der Waals surface area contributed by atoms with Crippen molar-refractivity contribution in [2.75, 3.05) is 13.2 Å². The Kier molecular flexibility index (Phi) is 19.9. The summed E-state index contributed by atoms with van der Waals surface area (Å²) in [5.74, 6) is -0.342. The van der Waals surface area contributed by atoms with Crippen molar-refractivity contribution in [2.45, 2.75) is 76.6 Å². The van der Waals surface area contributed by atoms with E-state index in [1.54, 1.807) is 12.2 Å². The molecule has 0 aliphatic heterocycles. The maximum absolute atomic E-state index is 11.4. The van der Waals surface area contributed by atoms with Crippen LogP contribution in [-0.4, -0.2) is 57.9 Å². The Morgan fingerprint density at radius 2 is 1.68 bits per heavy atom. The first-order chi connectivity index (χ1) is 15.0. The summed E-state index contributed by atoms with van der Waals surface area (Å²) in [5, 5.41) is 37.3. The van der Waals surface area contributed by atoms with E-state index in [1.807, 2.05) is 43.4 Å². The molecule has 3 unspecified atom stereocenters. The monoisotopic (exact) mass is 436 g/mol. The first-order valence-corrected chi connectivity index (χ1v) is 11.1. The highest BCUT2D eigenvalue weighted by Gasteiger charge is 2.10. The lowest BCUT2D eigenvalue weighted by Gasteiger charge is -2.11. The van der Waals surface area contributed by atoms with Crippen molar-refractivity contribution in [3.63, 3.8) is 0 Å². The molecule has 0 bridgehead atoms. The van der Waals surface area contributed by atoms with Crippen LogP contribution in [0, 0.1) is 0 Å². The van der Waals surface area contributed by atoms with Crippen molar-refractivity contribution < 1.29 is 30.0 Å². The summed E-state index contributed by atoms with van der Waals surface area (Å²) in [7, 11) is 0. The largest absolute Gasteiger partial charge is 0.463 e. The fraction of sp³-hybridized carbons (Fsp3) is 0.560. The van der Waals surface area contributed by atoms with Gasteiger partial charge in [-0.3, -0.25) is 4.79 Å². The number of unbranched alkanes of at least 4 members (excludes halogenated alkanes) is 3. The number of rotatable bonds is 18. The van der Waals surface area contributed by atoms with Gasteiger partial charge in [-0.2, -0.15) is 0 Å². The van der Waals surface area contributed by atoms with Gasteiger partial charge in [-0.1, -0.05) is 74.1 Å². The highest BCUT2D eigenvalue weighted by atomic mass is 16.5. The van der Waals surface area contributed by atoms with Crippen molar-refractivity contribution in [2.24, 2.45) is 0 Å². The van der Waals surface area contributed by atoms with E-state index in [0.29, 0.717) is 12.8 Å². The van der Waals surface area contributed by atoms with E-state index in [0.717, 1.165) is 38.5 Å². The van der Waals surface area contributed by atoms with Gasteiger partial charge in [0.2, 0.25) is 0 Å². The molecular formula is C25H40O6. The molecule has 0 aromatic rings. The second-order valence-electron chi connectivity index (χ2n) is 7.20. The molecule has 6 heteroatoms. The Balaban J connectivity index is 3.72. The third kappa shape index (κ3) is 19.7. The lowest BCUT2D eigenvalue weighted by molar-refractivity contribution is -0.147. The molecule has 0 aliphatic carbocycles. The van der Waals surface area contributed by atoms with Crippen molar-refractivity contribution in [1.29, 1.82) is 0 Å². The van der Waals surface area contributed by atoms with Crippen LogP contribution in [0.4, 0.5) is 0 Å². The molecule has 0 saturated heterocycles. The average Bonchev–Trinajstić information content (AvgIpc) is 2.77. The van der Waals surface area contributed by atoms with Gasteiger partial charge in [0, 0.05) is 6.42 Å². The zero-order valence-electron chi connectivity index (χ0n) is 18.7. The van der Waals surface area contributed by atoms with E-state index in [9.17, 15) is 15.0 Å². The number of carbonyl (C=O) groups is 1. The number of esters is 1. The summed E-state index contributed by atoms with van der Waals surface area (Å²) < 4.78 is 4.84. The van der Waals surface area contributed by atoms with Crippen molar-refractivity contribution in [3.8, 4) is 0 Å². The van der Waals surface area contributed by atoms with Crippen LogP contribution in [0.15, 0.2) is 60.8 Å². The molecule has 0 saturated carbocycles. The number of ether oxygens (including phenoxy) is 1. The van der Waals surface area contributed by atoms with E-state index >= 15 is 0 Å². The smallest absolute Gasteiger partial charge is 0.305 e. The number of aliphatic hydroxyl groups is 4. The highest BCUT2D eigenvalue weighted by molar-refractivity contribution is 5.69. The average molecular weight is 437 g/mol. The summed E-state index contributed by atoms with van der Waals surface area (Å²) in [4.78, 5) is 11.4. The van der Waals surface area contributed by atoms with Crippen LogP contribution >= 0.6 is 0 Å². The lowest BCUT2D eigenvalue weighted by Crippen LogP contribution is -2.22. The van der Waals surface area contributed by atoms with Crippen molar-refractivity contribution in [3.05, 3.63) is 60.8 Å². The summed E-state index contributed by atoms with van der Waals surface area (Å²) in [6, 6.07) is 0. The van der Waals surface area contributed by atoms with Crippen LogP contribution in [0.1, 0.15) is 58.3 Å². The number of hydrogen-bond acceptors (Lipinski definition) is 6. The second kappa shape index (κ2) is 21.2. The Morgan fingerprint density at radius 1 is 0.903 bits per heavy atom. The molecule has 0 spiro atoms. The Bertz CT molecular complexity index is 577. The first-order valence-electron chi connectivity index (χ1n) is 11.1. The molecule has 176 valence electrons. The molecule has 0 amide bonds.